The number of carbonyl (C=O) groups excluding carboxylic acids is 2. The topological polar surface area (TPSA) is 332 Å². The van der Waals surface area contributed by atoms with Gasteiger partial charge in [-0.05, 0) is 125 Å². The number of hydrazine groups is 1. The van der Waals surface area contributed by atoms with E-state index in [2.05, 4.69) is 155 Å². The van der Waals surface area contributed by atoms with Gasteiger partial charge in [0.05, 0.1) is 89.9 Å². The van der Waals surface area contributed by atoms with Gasteiger partial charge in [0.15, 0.2) is 28.7 Å². The largest absolute Gasteiger partial charge is 0.444 e. The Balaban J connectivity index is 0.000000143. The Morgan fingerprint density at radius 1 is 0.419 bits per heavy atom. The van der Waals surface area contributed by atoms with Crippen LogP contribution in [0, 0.1) is 0 Å². The van der Waals surface area contributed by atoms with Crippen LogP contribution in [0.1, 0.15) is 133 Å². The van der Waals surface area contributed by atoms with Gasteiger partial charge in [0.25, 0.3) is 0 Å². The number of rotatable bonds is 16. The molecule has 124 heavy (non-hydrogen) atoms. The monoisotopic (exact) mass is 1670 g/mol. The normalized spacial score (nSPS) is 18.6. The zero-order chi connectivity index (χ0) is 83.5. The highest BCUT2D eigenvalue weighted by molar-refractivity contribution is 6.01. The molecule has 642 valence electrons. The highest BCUT2D eigenvalue weighted by Crippen LogP contribution is 2.56. The Morgan fingerprint density at radius 3 is 1.09 bits per heavy atom. The summed E-state index contributed by atoms with van der Waals surface area (Å²) >= 11 is 0. The number of alkyl carbamates (subject to hydrolysis) is 2. The highest BCUT2D eigenvalue weighted by atomic mass is 16.8. The standard InChI is InChI=1S/C34H36N6O4.C31H33N5O4.C29H28N6O2.3CH4/c1-5-35-30-39-38-29-26-19-25(22-9-7-6-8-10-22)28(36-27(26)15-16-40(29)30)23-11-13-24(14-12-23)33(37-31(41)44-32(2,3)4)20-34(21-33)42-17-18-43-34;1-29(2,3)40-28(37)35-30(18-31(19-30)38-15-16-39-31)22-11-9-21(10-12-22)26-23(20-7-5-4-6-8-20)17-24-25(34-26)13-14-33-27(24)36-32;1-2-31-27-34-33-26-23-16-22(19-6-4-3-5-7-19)25(32-24(23)12-13-35(26)27)20-8-10-21(11-9-20)28(30)17-29(18-28)36-14-15-37-29;;;/h6-16,19H,5,17-18,20-21H2,1-4H3,(H,35,39)(H,37,41);4-14,17H,15-16,18-19,32H2,1-3H3,(H,33,36)(H,35,37);3-13,16H,2,14-15,17-18,30H2,1H3,(H,31,34);3*1H4. The van der Waals surface area contributed by atoms with Gasteiger partial charge < -0.3 is 70.3 Å². The van der Waals surface area contributed by atoms with Crippen molar-refractivity contribution in [1.82, 2.24) is 59.8 Å². The summed E-state index contributed by atoms with van der Waals surface area (Å²) in [6, 6.07) is 67.8. The van der Waals surface area contributed by atoms with Crippen LogP contribution < -0.4 is 38.3 Å². The summed E-state index contributed by atoms with van der Waals surface area (Å²) < 4.78 is 50.5. The first-order chi connectivity index (χ1) is 58.4. The molecule has 6 aliphatic rings. The maximum absolute atomic E-state index is 12.9. The molecule has 0 unspecified atom stereocenters. The Morgan fingerprint density at radius 2 is 0.750 bits per heavy atom. The van der Waals surface area contributed by atoms with Crippen LogP contribution in [0.3, 0.4) is 0 Å². The number of carbonyl (C=O) groups is 2. The van der Waals surface area contributed by atoms with Crippen molar-refractivity contribution in [3.05, 3.63) is 235 Å². The zero-order valence-corrected chi connectivity index (χ0v) is 68.9. The van der Waals surface area contributed by atoms with E-state index in [1.807, 2.05) is 174 Å². The predicted octanol–water partition coefficient (Wildman–Crippen LogP) is 18.4. The number of hydrogen-bond donors (Lipinski definition) is 7. The van der Waals surface area contributed by atoms with E-state index in [1.165, 1.54) is 0 Å². The molecule has 14 aromatic rings. The van der Waals surface area contributed by atoms with Crippen LogP contribution in [0.4, 0.5) is 27.3 Å². The second-order valence-corrected chi connectivity index (χ2v) is 33.8. The van der Waals surface area contributed by atoms with Crippen LogP contribution in [-0.4, -0.2) is 143 Å². The van der Waals surface area contributed by atoms with Crippen LogP contribution in [-0.2, 0) is 54.5 Å². The molecule has 2 amide bonds. The molecule has 27 nitrogen and oxygen atoms in total. The Labute approximate surface area is 721 Å². The summed E-state index contributed by atoms with van der Waals surface area (Å²) in [5.41, 5.74) is 25.1. The first kappa shape index (κ1) is 86.5. The average molecular weight is 1670 g/mol. The first-order valence-electron chi connectivity index (χ1n) is 41.2. The second kappa shape index (κ2) is 34.3. The number of ether oxygens (including phenoxy) is 8. The lowest BCUT2D eigenvalue weighted by Crippen LogP contribution is -2.64. The van der Waals surface area contributed by atoms with E-state index < -0.39 is 57.4 Å². The molecule has 3 spiro atoms. The van der Waals surface area contributed by atoms with Crippen LogP contribution in [0.15, 0.2) is 219 Å². The number of pyridine rings is 6. The first-order valence-corrected chi connectivity index (χ1v) is 41.2. The summed E-state index contributed by atoms with van der Waals surface area (Å²) in [6.07, 6.45) is 8.03. The van der Waals surface area contributed by atoms with E-state index in [0.717, 1.165) is 147 Å². The van der Waals surface area contributed by atoms with Crippen molar-refractivity contribution in [3.8, 4) is 67.2 Å². The molecule has 11 heterocycles. The molecule has 0 bridgehead atoms. The smallest absolute Gasteiger partial charge is 0.408 e. The molecule has 0 radical (unpaired) electrons. The quantitative estimate of drug-likeness (QED) is 0.0349. The molecule has 27 heteroatoms. The van der Waals surface area contributed by atoms with Crippen LogP contribution in [0.25, 0.3) is 111 Å². The van der Waals surface area contributed by atoms with Crippen LogP contribution in [0.2, 0.25) is 0 Å². The molecule has 6 aromatic carbocycles. The number of aromatic nitrogens is 10. The fourth-order valence-corrected chi connectivity index (χ4v) is 17.7. The maximum atomic E-state index is 12.9. The van der Waals surface area contributed by atoms with Crippen molar-refractivity contribution in [2.75, 3.05) is 68.8 Å². The summed E-state index contributed by atoms with van der Waals surface area (Å²) in [7, 11) is 0. The van der Waals surface area contributed by atoms with Crippen molar-refractivity contribution in [2.45, 2.75) is 161 Å². The Hall–Kier alpha value is -12.4. The molecule has 0 atom stereocenters. The van der Waals surface area contributed by atoms with Gasteiger partial charge in [-0.2, -0.15) is 0 Å². The van der Waals surface area contributed by atoms with Gasteiger partial charge in [0, 0.05) is 120 Å². The molecule has 3 aliphatic heterocycles. The van der Waals surface area contributed by atoms with Gasteiger partial charge in [-0.25, -0.2) is 35.4 Å². The number of nitrogens with zero attached hydrogens (tertiary/aromatic N) is 10. The predicted molar refractivity (Wildman–Crippen MR) is 485 cm³/mol. The molecule has 3 saturated carbocycles. The van der Waals surface area contributed by atoms with Crippen LogP contribution >= 0.6 is 0 Å². The van der Waals surface area contributed by atoms with E-state index in [4.69, 9.17) is 64.4 Å². The Kier molecular flexibility index (Phi) is 24.0. The number of anilines is 3. The number of hydrogen-bond acceptors (Lipinski definition) is 23. The number of amides is 2. The fraction of sp³-hybridized carbons (Fsp3) is 0.340. The van der Waals surface area contributed by atoms with Gasteiger partial charge >= 0.3 is 12.2 Å². The van der Waals surface area contributed by atoms with E-state index in [-0.39, 0.29) is 22.3 Å². The van der Waals surface area contributed by atoms with Gasteiger partial charge in [0.1, 0.15) is 17.0 Å². The number of benzene rings is 6. The number of nitrogen functional groups attached to an aromatic ring is 1. The maximum Gasteiger partial charge on any atom is 0.408 e. The van der Waals surface area contributed by atoms with Crippen molar-refractivity contribution < 1.29 is 47.5 Å². The number of nitrogens with two attached hydrogens (primary N) is 2. The molecule has 3 aliphatic carbocycles. The Bertz CT molecular complexity index is 6160. The molecule has 6 fully saturated rings. The molecule has 20 rings (SSSR count). The minimum atomic E-state index is -0.673. The minimum Gasteiger partial charge on any atom is -0.444 e. The van der Waals surface area contributed by atoms with Crippen molar-refractivity contribution >= 4 is 73.9 Å². The number of nitrogens with one attached hydrogen (secondary N) is 5. The van der Waals surface area contributed by atoms with Crippen molar-refractivity contribution in [1.29, 1.82) is 0 Å². The molecule has 8 aromatic heterocycles. The summed E-state index contributed by atoms with van der Waals surface area (Å²) in [6.45, 7) is 20.2. The minimum absolute atomic E-state index is 0. The molecular formula is C97H109N17O10. The fourth-order valence-electron chi connectivity index (χ4n) is 17.7. The van der Waals surface area contributed by atoms with Gasteiger partial charge in [-0.1, -0.05) is 186 Å². The van der Waals surface area contributed by atoms with Crippen LogP contribution in [0.5, 0.6) is 0 Å². The molecule has 9 N–H and O–H groups in total. The third-order valence-electron chi connectivity index (χ3n) is 23.1. The summed E-state index contributed by atoms with van der Waals surface area (Å²) in [4.78, 5) is 45.5. The zero-order valence-electron chi connectivity index (χ0n) is 68.9. The second-order valence-electron chi connectivity index (χ2n) is 33.8. The molecular weight excluding hydrogens is 1560 g/mol. The van der Waals surface area contributed by atoms with Crippen molar-refractivity contribution in [2.24, 2.45) is 11.6 Å². The third-order valence-corrected chi connectivity index (χ3v) is 23.1. The van der Waals surface area contributed by atoms with Gasteiger partial charge in [0.2, 0.25) is 11.9 Å². The van der Waals surface area contributed by atoms with Gasteiger partial charge in [-0.15, -0.1) is 20.4 Å². The van der Waals surface area contributed by atoms with E-state index in [9.17, 15) is 9.59 Å². The SMILES string of the molecule is C.C.C.CC(C)(C)OC(=O)NC1(c2ccc(-c3nc4ccnc(NN)c4cc3-c3ccccc3)cc2)CC2(C1)OCCO2.CCNc1nnc2c3cc(-c4ccccc4)c(-c4ccc(C5(N)CC6(C5)OCCO6)cc4)nc3ccn12.CCNc1nnc2c3cc(-c4ccccc4)c(-c4ccc(C5(NC(=O)OC(C)(C)C)CC6(C5)OCCO6)cc4)nc3ccn12. The third kappa shape index (κ3) is 16.9. The average Bonchev–Trinajstić information content (AvgIpc) is 1.34. The van der Waals surface area contributed by atoms with Crippen molar-refractivity contribution in [3.63, 3.8) is 0 Å². The van der Waals surface area contributed by atoms with E-state index in [0.29, 0.717) is 89.9 Å². The van der Waals surface area contributed by atoms with E-state index in [1.54, 1.807) is 6.20 Å². The lowest BCUT2D eigenvalue weighted by atomic mass is 9.67. The molecule has 3 saturated heterocycles. The number of fused-ring (bicyclic) bond motifs is 7. The lowest BCUT2D eigenvalue weighted by molar-refractivity contribution is -0.245. The summed E-state index contributed by atoms with van der Waals surface area (Å²) in [5, 5.41) is 33.1. The van der Waals surface area contributed by atoms with E-state index >= 15 is 0 Å². The van der Waals surface area contributed by atoms with Gasteiger partial charge in [-0.3, -0.25) is 8.80 Å². The lowest BCUT2D eigenvalue weighted by Gasteiger charge is -2.53. The summed E-state index contributed by atoms with van der Waals surface area (Å²) in [5.74, 6) is 5.90. The highest BCUT2D eigenvalue weighted by Gasteiger charge is 2.62.